The molecule has 2 amide bonds. The lowest BCUT2D eigenvalue weighted by atomic mass is 9.50. The average Bonchev–Trinajstić information content (AvgIpc) is 2.59. The van der Waals surface area contributed by atoms with Gasteiger partial charge < -0.3 is 15.7 Å². The Labute approximate surface area is 156 Å². The summed E-state index contributed by atoms with van der Waals surface area (Å²) in [5, 5.41) is 17.2. The van der Waals surface area contributed by atoms with Gasteiger partial charge in [-0.2, -0.15) is 0 Å². The summed E-state index contributed by atoms with van der Waals surface area (Å²) in [5.74, 6) is 2.07. The lowest BCUT2D eigenvalue weighted by Crippen LogP contribution is -2.63. The maximum Gasteiger partial charge on any atom is 0.237 e. The molecule has 6 heteroatoms. The van der Waals surface area contributed by atoms with Crippen LogP contribution in [0.5, 0.6) is 0 Å². The van der Waals surface area contributed by atoms with Crippen LogP contribution in [0.25, 0.3) is 0 Å². The Morgan fingerprint density at radius 1 is 1.23 bits per heavy atom. The van der Waals surface area contributed by atoms with Crippen LogP contribution in [0.15, 0.2) is 0 Å². The van der Waals surface area contributed by atoms with Gasteiger partial charge in [-0.3, -0.25) is 14.5 Å². The number of nitrogens with one attached hydrogen (secondary N) is 2. The van der Waals surface area contributed by atoms with Crippen LogP contribution in [0, 0.1) is 23.7 Å². The SMILES string of the molecule is CC(C)N1CCNC(=O)[C@H]1CC(=O)NCC1(O)C2CC3CC(C2)CC1C3. The van der Waals surface area contributed by atoms with Gasteiger partial charge in [0.15, 0.2) is 0 Å². The first kappa shape index (κ1) is 18.2. The largest absolute Gasteiger partial charge is 0.387 e. The number of carbonyl (C=O) groups is 2. The van der Waals surface area contributed by atoms with E-state index in [1.165, 1.54) is 6.42 Å². The summed E-state index contributed by atoms with van der Waals surface area (Å²) in [4.78, 5) is 26.9. The number of rotatable bonds is 5. The first-order chi connectivity index (χ1) is 12.4. The molecule has 0 radical (unpaired) electrons. The maximum atomic E-state index is 12.6. The number of carbonyl (C=O) groups excluding carboxylic acids is 2. The molecule has 1 saturated heterocycles. The summed E-state index contributed by atoms with van der Waals surface area (Å²) in [6.07, 6.45) is 5.98. The molecule has 0 aromatic rings. The Kier molecular flexibility index (Phi) is 4.76. The molecule has 1 atom stereocenters. The quantitative estimate of drug-likeness (QED) is 0.678. The zero-order chi connectivity index (χ0) is 18.5. The predicted molar refractivity (Wildman–Crippen MR) is 98.3 cm³/mol. The van der Waals surface area contributed by atoms with E-state index in [1.807, 2.05) is 0 Å². The van der Waals surface area contributed by atoms with Crippen molar-refractivity contribution in [3.05, 3.63) is 0 Å². The minimum atomic E-state index is -0.740. The number of aliphatic hydroxyl groups is 1. The zero-order valence-electron chi connectivity index (χ0n) is 16.0. The second kappa shape index (κ2) is 6.79. The topological polar surface area (TPSA) is 81.7 Å². The lowest BCUT2D eigenvalue weighted by Gasteiger charge is -2.59. The van der Waals surface area contributed by atoms with E-state index in [9.17, 15) is 14.7 Å². The molecule has 0 aromatic carbocycles. The summed E-state index contributed by atoms with van der Waals surface area (Å²) in [6.45, 7) is 5.87. The van der Waals surface area contributed by atoms with Crippen LogP contribution in [-0.4, -0.2) is 59.1 Å². The van der Waals surface area contributed by atoms with Gasteiger partial charge in [0, 0.05) is 25.7 Å². The van der Waals surface area contributed by atoms with Gasteiger partial charge in [0.05, 0.1) is 18.1 Å². The smallest absolute Gasteiger partial charge is 0.237 e. The number of hydrogen-bond acceptors (Lipinski definition) is 4. The van der Waals surface area contributed by atoms with Crippen molar-refractivity contribution in [2.75, 3.05) is 19.6 Å². The number of hydrogen-bond donors (Lipinski definition) is 3. The highest BCUT2D eigenvalue weighted by molar-refractivity contribution is 5.88. The van der Waals surface area contributed by atoms with E-state index in [4.69, 9.17) is 0 Å². The second-order valence-corrected chi connectivity index (χ2v) is 9.41. The molecule has 0 spiro atoms. The molecule has 6 nitrogen and oxygen atoms in total. The standard InChI is InChI=1S/C20H33N3O3/c1-12(2)23-4-3-21-19(25)17(23)10-18(24)22-11-20(26)15-6-13-5-14(8-15)9-16(20)7-13/h12-17,26H,3-11H2,1-2H3,(H,21,25)(H,22,24)/t13?,14?,15?,16?,17-,20?/m1/s1. The summed E-state index contributed by atoms with van der Waals surface area (Å²) in [6, 6.07) is -0.177. The molecular formula is C20H33N3O3. The Morgan fingerprint density at radius 2 is 1.85 bits per heavy atom. The van der Waals surface area contributed by atoms with Crippen LogP contribution in [0.2, 0.25) is 0 Å². The summed E-state index contributed by atoms with van der Waals surface area (Å²) in [5.41, 5.74) is -0.740. The molecule has 1 heterocycles. The molecule has 3 N–H and O–H groups in total. The first-order valence-corrected chi connectivity index (χ1v) is 10.4. The molecule has 146 valence electrons. The van der Waals surface area contributed by atoms with Gasteiger partial charge in [-0.05, 0) is 69.6 Å². The molecular weight excluding hydrogens is 330 g/mol. The third kappa shape index (κ3) is 3.15. The van der Waals surface area contributed by atoms with E-state index in [-0.39, 0.29) is 24.3 Å². The van der Waals surface area contributed by atoms with E-state index >= 15 is 0 Å². The maximum absolute atomic E-state index is 12.6. The monoisotopic (exact) mass is 363 g/mol. The molecule has 26 heavy (non-hydrogen) atoms. The predicted octanol–water partition coefficient (Wildman–Crippen LogP) is 0.889. The van der Waals surface area contributed by atoms with Crippen molar-refractivity contribution in [3.8, 4) is 0 Å². The molecule has 4 saturated carbocycles. The first-order valence-electron chi connectivity index (χ1n) is 10.4. The van der Waals surface area contributed by atoms with Crippen molar-refractivity contribution in [1.82, 2.24) is 15.5 Å². The molecule has 5 rings (SSSR count). The van der Waals surface area contributed by atoms with Crippen molar-refractivity contribution in [3.63, 3.8) is 0 Å². The van der Waals surface area contributed by atoms with Gasteiger partial charge in [0.25, 0.3) is 0 Å². The van der Waals surface area contributed by atoms with Crippen LogP contribution >= 0.6 is 0 Å². The van der Waals surface area contributed by atoms with E-state index < -0.39 is 11.6 Å². The normalized spacial score (nSPS) is 42.2. The van der Waals surface area contributed by atoms with Gasteiger partial charge in [-0.25, -0.2) is 0 Å². The van der Waals surface area contributed by atoms with Crippen molar-refractivity contribution in [2.24, 2.45) is 23.7 Å². The molecule has 5 aliphatic rings. The fourth-order valence-electron chi connectivity index (χ4n) is 6.34. The zero-order valence-corrected chi connectivity index (χ0v) is 16.0. The van der Waals surface area contributed by atoms with Crippen molar-refractivity contribution < 1.29 is 14.7 Å². The minimum absolute atomic E-state index is 0.0616. The van der Waals surface area contributed by atoms with Crippen LogP contribution in [-0.2, 0) is 9.59 Å². The van der Waals surface area contributed by atoms with Crippen molar-refractivity contribution >= 4 is 11.8 Å². The molecule has 4 bridgehead atoms. The Bertz CT molecular complexity index is 549. The summed E-state index contributed by atoms with van der Waals surface area (Å²) >= 11 is 0. The molecule has 5 fully saturated rings. The summed E-state index contributed by atoms with van der Waals surface area (Å²) in [7, 11) is 0. The molecule has 4 aliphatic carbocycles. The van der Waals surface area contributed by atoms with Crippen molar-refractivity contribution in [1.29, 1.82) is 0 Å². The molecule has 1 aliphatic heterocycles. The van der Waals surface area contributed by atoms with Gasteiger partial charge in [-0.1, -0.05) is 0 Å². The number of amides is 2. The van der Waals surface area contributed by atoms with Crippen LogP contribution in [0.3, 0.4) is 0 Å². The lowest BCUT2D eigenvalue weighted by molar-refractivity contribution is -0.171. The van der Waals surface area contributed by atoms with E-state index in [1.54, 1.807) is 0 Å². The second-order valence-electron chi connectivity index (χ2n) is 9.41. The third-order valence-electron chi connectivity index (χ3n) is 7.53. The van der Waals surface area contributed by atoms with E-state index in [2.05, 4.69) is 29.4 Å². The Morgan fingerprint density at radius 3 is 2.42 bits per heavy atom. The van der Waals surface area contributed by atoms with E-state index in [0.29, 0.717) is 24.9 Å². The van der Waals surface area contributed by atoms with E-state index in [0.717, 1.165) is 44.1 Å². The highest BCUT2D eigenvalue weighted by Crippen LogP contribution is 2.58. The van der Waals surface area contributed by atoms with Gasteiger partial charge in [0.1, 0.15) is 0 Å². The third-order valence-corrected chi connectivity index (χ3v) is 7.53. The fourth-order valence-corrected chi connectivity index (χ4v) is 6.34. The van der Waals surface area contributed by atoms with Crippen LogP contribution in [0.4, 0.5) is 0 Å². The minimum Gasteiger partial charge on any atom is -0.387 e. The van der Waals surface area contributed by atoms with Gasteiger partial charge >= 0.3 is 0 Å². The Balaban J connectivity index is 1.36. The number of piperazine rings is 1. The highest BCUT2D eigenvalue weighted by Gasteiger charge is 2.56. The Hall–Kier alpha value is -1.14. The number of nitrogens with zero attached hydrogens (tertiary/aromatic N) is 1. The molecule has 0 aromatic heterocycles. The highest BCUT2D eigenvalue weighted by atomic mass is 16.3. The van der Waals surface area contributed by atoms with Gasteiger partial charge in [0.2, 0.25) is 11.8 Å². The van der Waals surface area contributed by atoms with Crippen LogP contribution < -0.4 is 10.6 Å². The summed E-state index contributed by atoms with van der Waals surface area (Å²) < 4.78 is 0. The van der Waals surface area contributed by atoms with Crippen molar-refractivity contribution in [2.45, 2.75) is 70.1 Å². The van der Waals surface area contributed by atoms with Crippen LogP contribution in [0.1, 0.15) is 52.4 Å². The average molecular weight is 364 g/mol. The van der Waals surface area contributed by atoms with Gasteiger partial charge in [-0.15, -0.1) is 0 Å². The molecule has 0 unspecified atom stereocenters. The fraction of sp³-hybridized carbons (Fsp3) is 0.900.